The van der Waals surface area contributed by atoms with Gasteiger partial charge in [-0.05, 0) is 54.8 Å². The largest absolute Gasteiger partial charge is 0.396 e. The zero-order valence-electron chi connectivity index (χ0n) is 7.89. The van der Waals surface area contributed by atoms with Gasteiger partial charge in [-0.2, -0.15) is 0 Å². The van der Waals surface area contributed by atoms with E-state index in [9.17, 15) is 0 Å². The van der Waals surface area contributed by atoms with Gasteiger partial charge in [-0.15, -0.1) is 0 Å². The van der Waals surface area contributed by atoms with Crippen LogP contribution in [0.25, 0.3) is 0 Å². The molecule has 6 atom stereocenters. The van der Waals surface area contributed by atoms with Crippen LogP contribution in [0.2, 0.25) is 0 Å². The Bertz CT molecular complexity index is 194. The van der Waals surface area contributed by atoms with Gasteiger partial charge in [-0.25, -0.2) is 0 Å². The summed E-state index contributed by atoms with van der Waals surface area (Å²) in [5, 5.41) is 17.9. The molecule has 3 aliphatic rings. The summed E-state index contributed by atoms with van der Waals surface area (Å²) in [5.41, 5.74) is 0. The summed E-state index contributed by atoms with van der Waals surface area (Å²) in [5.74, 6) is 4.85. The molecule has 3 fully saturated rings. The molecule has 0 aromatic rings. The summed E-state index contributed by atoms with van der Waals surface area (Å²) >= 11 is 0. The smallest absolute Gasteiger partial charge is 0.0462 e. The maximum atomic E-state index is 8.95. The average molecular weight is 182 g/mol. The molecule has 0 aliphatic heterocycles. The number of aliphatic hydroxyl groups is 2. The van der Waals surface area contributed by atoms with Gasteiger partial charge in [0.1, 0.15) is 0 Å². The first-order chi connectivity index (χ1) is 6.35. The molecule has 0 bridgehead atoms. The van der Waals surface area contributed by atoms with Crippen LogP contribution in [0.4, 0.5) is 0 Å². The van der Waals surface area contributed by atoms with E-state index in [-0.39, 0.29) is 0 Å². The molecule has 3 saturated carbocycles. The van der Waals surface area contributed by atoms with Gasteiger partial charge in [-0.1, -0.05) is 0 Å². The minimum atomic E-state index is 0.405. The predicted octanol–water partition coefficient (Wildman–Crippen LogP) is 0.879. The van der Waals surface area contributed by atoms with Crippen molar-refractivity contribution in [2.45, 2.75) is 19.3 Å². The van der Waals surface area contributed by atoms with Gasteiger partial charge >= 0.3 is 0 Å². The lowest BCUT2D eigenvalue weighted by atomic mass is 10.1. The second-order valence-electron chi connectivity index (χ2n) is 5.25. The van der Waals surface area contributed by atoms with Gasteiger partial charge < -0.3 is 10.2 Å². The predicted molar refractivity (Wildman–Crippen MR) is 49.0 cm³/mol. The SMILES string of the molecule is OC[C@@H]1C[C@H]1[C@@H]1C[C@H]1[C@@H]1C[C@H]1CO. The summed E-state index contributed by atoms with van der Waals surface area (Å²) < 4.78 is 0. The first-order valence-corrected chi connectivity index (χ1v) is 5.57. The second kappa shape index (κ2) is 2.71. The standard InChI is InChI=1S/C11H18O2/c12-4-6-1-8(6)10-3-11(10)9-2-7(9)5-13/h6-13H,1-5H2/t6-,7-,8+,9+,10-,11-/m0/s1. The van der Waals surface area contributed by atoms with Crippen molar-refractivity contribution in [1.82, 2.24) is 0 Å². The molecule has 0 amide bonds. The molecule has 0 spiro atoms. The number of hydrogen-bond donors (Lipinski definition) is 2. The van der Waals surface area contributed by atoms with Crippen LogP contribution in [0.1, 0.15) is 19.3 Å². The third-order valence-electron chi connectivity index (χ3n) is 4.41. The zero-order valence-corrected chi connectivity index (χ0v) is 7.89. The Labute approximate surface area is 79.0 Å². The lowest BCUT2D eigenvalue weighted by molar-refractivity contribution is 0.259. The molecule has 0 radical (unpaired) electrons. The number of rotatable bonds is 4. The van der Waals surface area contributed by atoms with Crippen LogP contribution in [0.15, 0.2) is 0 Å². The molecule has 2 nitrogen and oxygen atoms in total. The molecule has 0 heterocycles. The molecular formula is C11H18O2. The number of hydrogen-bond acceptors (Lipinski definition) is 2. The normalized spacial score (nSPS) is 57.7. The van der Waals surface area contributed by atoms with Gasteiger partial charge in [0.25, 0.3) is 0 Å². The summed E-state index contributed by atoms with van der Waals surface area (Å²) in [4.78, 5) is 0. The van der Waals surface area contributed by atoms with E-state index in [0.717, 1.165) is 23.7 Å². The highest BCUT2D eigenvalue weighted by Gasteiger charge is 2.59. The third kappa shape index (κ3) is 1.31. The highest BCUT2D eigenvalue weighted by molar-refractivity contribution is 5.08. The van der Waals surface area contributed by atoms with E-state index in [1.807, 2.05) is 0 Å². The highest BCUT2D eigenvalue weighted by atomic mass is 16.3. The molecule has 0 unspecified atom stereocenters. The van der Waals surface area contributed by atoms with E-state index in [1.165, 1.54) is 19.3 Å². The van der Waals surface area contributed by atoms with Crippen molar-refractivity contribution in [2.75, 3.05) is 13.2 Å². The Morgan fingerprint density at radius 2 is 1.15 bits per heavy atom. The molecule has 0 aromatic heterocycles. The molecule has 2 N–H and O–H groups in total. The van der Waals surface area contributed by atoms with Crippen LogP contribution < -0.4 is 0 Å². The Morgan fingerprint density at radius 1 is 0.692 bits per heavy atom. The Kier molecular flexibility index (Phi) is 1.72. The van der Waals surface area contributed by atoms with Gasteiger partial charge in [0.05, 0.1) is 0 Å². The summed E-state index contributed by atoms with van der Waals surface area (Å²) in [6.07, 6.45) is 3.94. The first kappa shape index (κ1) is 8.25. The van der Waals surface area contributed by atoms with Gasteiger partial charge in [0, 0.05) is 13.2 Å². The fourth-order valence-corrected chi connectivity index (χ4v) is 3.23. The second-order valence-corrected chi connectivity index (χ2v) is 5.25. The van der Waals surface area contributed by atoms with E-state index in [1.54, 1.807) is 0 Å². The molecule has 13 heavy (non-hydrogen) atoms. The van der Waals surface area contributed by atoms with Crippen molar-refractivity contribution in [1.29, 1.82) is 0 Å². The first-order valence-electron chi connectivity index (χ1n) is 5.57. The Morgan fingerprint density at radius 3 is 1.46 bits per heavy atom. The monoisotopic (exact) mass is 182 g/mol. The lowest BCUT2D eigenvalue weighted by Gasteiger charge is -1.96. The molecule has 3 aliphatic carbocycles. The summed E-state index contributed by atoms with van der Waals surface area (Å²) in [6, 6.07) is 0. The van der Waals surface area contributed by atoms with E-state index in [0.29, 0.717) is 25.0 Å². The van der Waals surface area contributed by atoms with E-state index in [2.05, 4.69) is 0 Å². The molecular weight excluding hydrogens is 164 g/mol. The van der Waals surface area contributed by atoms with Gasteiger partial charge in [0.2, 0.25) is 0 Å². The molecule has 74 valence electrons. The molecule has 0 aromatic carbocycles. The zero-order chi connectivity index (χ0) is 9.00. The van der Waals surface area contributed by atoms with Crippen molar-refractivity contribution in [2.24, 2.45) is 35.5 Å². The van der Waals surface area contributed by atoms with Crippen LogP contribution in [0, 0.1) is 35.5 Å². The van der Waals surface area contributed by atoms with Gasteiger partial charge in [0.15, 0.2) is 0 Å². The van der Waals surface area contributed by atoms with Gasteiger partial charge in [-0.3, -0.25) is 0 Å². The third-order valence-corrected chi connectivity index (χ3v) is 4.41. The van der Waals surface area contributed by atoms with Crippen molar-refractivity contribution < 1.29 is 10.2 Å². The van der Waals surface area contributed by atoms with Crippen molar-refractivity contribution in [3.05, 3.63) is 0 Å². The minimum Gasteiger partial charge on any atom is -0.396 e. The van der Waals surface area contributed by atoms with Crippen LogP contribution in [0.5, 0.6) is 0 Å². The fraction of sp³-hybridized carbons (Fsp3) is 1.00. The average Bonchev–Trinajstić information content (AvgIpc) is 2.95. The Hall–Kier alpha value is -0.0800. The van der Waals surface area contributed by atoms with Crippen LogP contribution in [-0.2, 0) is 0 Å². The molecule has 0 saturated heterocycles. The van der Waals surface area contributed by atoms with Crippen LogP contribution in [0.3, 0.4) is 0 Å². The Balaban J connectivity index is 1.47. The molecule has 2 heteroatoms. The van der Waals surface area contributed by atoms with E-state index in [4.69, 9.17) is 10.2 Å². The lowest BCUT2D eigenvalue weighted by Crippen LogP contribution is -1.96. The number of aliphatic hydroxyl groups excluding tert-OH is 2. The maximum absolute atomic E-state index is 8.95. The highest BCUT2D eigenvalue weighted by Crippen LogP contribution is 2.65. The van der Waals surface area contributed by atoms with Crippen molar-refractivity contribution in [3.63, 3.8) is 0 Å². The minimum absolute atomic E-state index is 0.405. The quantitative estimate of drug-likeness (QED) is 0.677. The van der Waals surface area contributed by atoms with Crippen LogP contribution in [-0.4, -0.2) is 23.4 Å². The van der Waals surface area contributed by atoms with E-state index >= 15 is 0 Å². The topological polar surface area (TPSA) is 40.5 Å². The summed E-state index contributed by atoms with van der Waals surface area (Å²) in [7, 11) is 0. The van der Waals surface area contributed by atoms with Crippen molar-refractivity contribution >= 4 is 0 Å². The van der Waals surface area contributed by atoms with E-state index < -0.39 is 0 Å². The van der Waals surface area contributed by atoms with Crippen LogP contribution >= 0.6 is 0 Å². The summed E-state index contributed by atoms with van der Waals surface area (Å²) in [6.45, 7) is 0.809. The molecule has 3 rings (SSSR count). The fourth-order valence-electron chi connectivity index (χ4n) is 3.23. The van der Waals surface area contributed by atoms with Crippen molar-refractivity contribution in [3.8, 4) is 0 Å². The maximum Gasteiger partial charge on any atom is 0.0462 e.